The lowest BCUT2D eigenvalue weighted by Gasteiger charge is -2.16. The van der Waals surface area contributed by atoms with Gasteiger partial charge in [0.1, 0.15) is 0 Å². The van der Waals surface area contributed by atoms with Gasteiger partial charge in [0.2, 0.25) is 0 Å². The van der Waals surface area contributed by atoms with Crippen LogP contribution in [0, 0.1) is 0 Å². The number of rotatable bonds is 3. The van der Waals surface area contributed by atoms with E-state index in [9.17, 15) is 18.3 Å². The van der Waals surface area contributed by atoms with Crippen molar-refractivity contribution >= 4 is 0 Å². The van der Waals surface area contributed by atoms with Gasteiger partial charge in [0.05, 0.1) is 11.7 Å². The molecule has 0 saturated carbocycles. The molecule has 0 spiro atoms. The zero-order chi connectivity index (χ0) is 12.3. The van der Waals surface area contributed by atoms with Gasteiger partial charge in [-0.25, -0.2) is 0 Å². The molecule has 0 aliphatic carbocycles. The van der Waals surface area contributed by atoms with Gasteiger partial charge >= 0.3 is 6.18 Å². The van der Waals surface area contributed by atoms with E-state index in [0.29, 0.717) is 12.1 Å². The summed E-state index contributed by atoms with van der Waals surface area (Å²) in [6.45, 7) is 0.380. The van der Waals surface area contributed by atoms with Crippen LogP contribution in [0.4, 0.5) is 13.2 Å². The maximum absolute atomic E-state index is 12.3. The van der Waals surface area contributed by atoms with Crippen LogP contribution in [0.1, 0.15) is 17.2 Å². The van der Waals surface area contributed by atoms with E-state index in [1.807, 2.05) is 0 Å². The second-order valence-electron chi connectivity index (χ2n) is 3.90. The van der Waals surface area contributed by atoms with Gasteiger partial charge in [-0.15, -0.1) is 0 Å². The summed E-state index contributed by atoms with van der Waals surface area (Å²) < 4.78 is 36.8. The van der Waals surface area contributed by atoms with E-state index in [4.69, 9.17) is 0 Å². The maximum atomic E-state index is 12.3. The molecule has 1 aromatic carbocycles. The maximum Gasteiger partial charge on any atom is 0.416 e. The summed E-state index contributed by atoms with van der Waals surface area (Å²) in [6, 6.07) is 4.57. The fourth-order valence-electron chi connectivity index (χ4n) is 1.35. The van der Waals surface area contributed by atoms with Crippen LogP contribution in [-0.4, -0.2) is 30.6 Å². The van der Waals surface area contributed by atoms with E-state index in [-0.39, 0.29) is 0 Å². The lowest BCUT2D eigenvalue weighted by molar-refractivity contribution is -0.137. The lowest BCUT2D eigenvalue weighted by atomic mass is 10.1. The fraction of sp³-hybridized carbons (Fsp3) is 0.455. The summed E-state index contributed by atoms with van der Waals surface area (Å²) in [4.78, 5) is 1.77. The van der Waals surface area contributed by atoms with E-state index < -0.39 is 17.8 Å². The molecule has 1 N–H and O–H groups in total. The summed E-state index contributed by atoms with van der Waals surface area (Å²) in [5.74, 6) is 0. The van der Waals surface area contributed by atoms with Crippen LogP contribution in [0.3, 0.4) is 0 Å². The third-order valence-electron chi connectivity index (χ3n) is 2.16. The van der Waals surface area contributed by atoms with Gasteiger partial charge in [0.15, 0.2) is 0 Å². The minimum absolute atomic E-state index is 0.380. The van der Waals surface area contributed by atoms with Crippen LogP contribution in [0.2, 0.25) is 0 Å². The van der Waals surface area contributed by atoms with E-state index in [2.05, 4.69) is 0 Å². The van der Waals surface area contributed by atoms with Crippen molar-refractivity contribution in [2.24, 2.45) is 0 Å². The predicted octanol–water partition coefficient (Wildman–Crippen LogP) is 2.30. The van der Waals surface area contributed by atoms with E-state index in [0.717, 1.165) is 12.1 Å². The Labute approximate surface area is 92.3 Å². The quantitative estimate of drug-likeness (QED) is 0.865. The zero-order valence-corrected chi connectivity index (χ0v) is 9.12. The fourth-order valence-corrected chi connectivity index (χ4v) is 1.35. The molecule has 0 bridgehead atoms. The molecule has 1 aromatic rings. The SMILES string of the molecule is CN(C)CC(O)c1ccc(C(F)(F)F)cc1. The molecule has 0 aliphatic rings. The Balaban J connectivity index is 2.79. The first-order chi connectivity index (χ1) is 7.30. The van der Waals surface area contributed by atoms with Gasteiger partial charge in [0, 0.05) is 6.54 Å². The molecule has 0 aliphatic heterocycles. The minimum atomic E-state index is -4.33. The summed E-state index contributed by atoms with van der Waals surface area (Å²) in [6.07, 6.45) is -5.09. The number of aliphatic hydroxyl groups excluding tert-OH is 1. The topological polar surface area (TPSA) is 23.5 Å². The van der Waals surface area contributed by atoms with Crippen molar-refractivity contribution in [1.29, 1.82) is 0 Å². The van der Waals surface area contributed by atoms with Crippen molar-refractivity contribution in [2.45, 2.75) is 12.3 Å². The third kappa shape index (κ3) is 3.50. The van der Waals surface area contributed by atoms with Gasteiger partial charge in [-0.3, -0.25) is 0 Å². The van der Waals surface area contributed by atoms with Crippen LogP contribution in [0.5, 0.6) is 0 Å². The van der Waals surface area contributed by atoms with Crippen molar-refractivity contribution in [3.63, 3.8) is 0 Å². The Morgan fingerprint density at radius 3 is 2.06 bits per heavy atom. The van der Waals surface area contributed by atoms with Crippen molar-refractivity contribution in [3.8, 4) is 0 Å². The number of alkyl halides is 3. The van der Waals surface area contributed by atoms with E-state index in [1.165, 1.54) is 12.1 Å². The number of benzene rings is 1. The first kappa shape index (κ1) is 13.0. The first-order valence-electron chi connectivity index (χ1n) is 4.80. The Morgan fingerprint density at radius 1 is 1.19 bits per heavy atom. The number of hydrogen-bond acceptors (Lipinski definition) is 2. The van der Waals surface area contributed by atoms with Crippen LogP contribution >= 0.6 is 0 Å². The highest BCUT2D eigenvalue weighted by Crippen LogP contribution is 2.29. The molecule has 0 saturated heterocycles. The van der Waals surface area contributed by atoms with Crippen molar-refractivity contribution in [1.82, 2.24) is 4.90 Å². The molecule has 16 heavy (non-hydrogen) atoms. The lowest BCUT2D eigenvalue weighted by Crippen LogP contribution is -2.20. The Hall–Kier alpha value is -1.07. The molecule has 1 rings (SSSR count). The van der Waals surface area contributed by atoms with Crippen LogP contribution in [0.15, 0.2) is 24.3 Å². The Kier molecular flexibility index (Phi) is 3.93. The first-order valence-corrected chi connectivity index (χ1v) is 4.80. The minimum Gasteiger partial charge on any atom is -0.387 e. The highest BCUT2D eigenvalue weighted by Gasteiger charge is 2.30. The molecule has 0 fully saturated rings. The van der Waals surface area contributed by atoms with Crippen LogP contribution in [0.25, 0.3) is 0 Å². The monoisotopic (exact) mass is 233 g/mol. The van der Waals surface area contributed by atoms with Crippen molar-refractivity contribution in [2.75, 3.05) is 20.6 Å². The smallest absolute Gasteiger partial charge is 0.387 e. The Bertz CT molecular complexity index is 332. The summed E-state index contributed by atoms with van der Waals surface area (Å²) in [5.41, 5.74) is -0.213. The van der Waals surface area contributed by atoms with E-state index >= 15 is 0 Å². The number of aliphatic hydroxyl groups is 1. The molecule has 0 aromatic heterocycles. The highest BCUT2D eigenvalue weighted by molar-refractivity contribution is 5.26. The van der Waals surface area contributed by atoms with Crippen molar-refractivity contribution in [3.05, 3.63) is 35.4 Å². The van der Waals surface area contributed by atoms with Crippen LogP contribution in [-0.2, 0) is 6.18 Å². The molecule has 2 nitrogen and oxygen atoms in total. The molecule has 1 atom stereocenters. The zero-order valence-electron chi connectivity index (χ0n) is 9.12. The van der Waals surface area contributed by atoms with Crippen molar-refractivity contribution < 1.29 is 18.3 Å². The van der Waals surface area contributed by atoms with Crippen LogP contribution < -0.4 is 0 Å². The number of hydrogen-bond donors (Lipinski definition) is 1. The predicted molar refractivity (Wildman–Crippen MR) is 55.0 cm³/mol. The summed E-state index contributed by atoms with van der Waals surface area (Å²) in [7, 11) is 3.57. The number of halogens is 3. The number of likely N-dealkylation sites (N-methyl/N-ethyl adjacent to an activating group) is 1. The van der Waals surface area contributed by atoms with Gasteiger partial charge in [-0.05, 0) is 31.8 Å². The normalized spacial score (nSPS) is 14.2. The van der Waals surface area contributed by atoms with Gasteiger partial charge in [-0.2, -0.15) is 13.2 Å². The Morgan fingerprint density at radius 2 is 1.69 bits per heavy atom. The van der Waals surface area contributed by atoms with Gasteiger partial charge in [-0.1, -0.05) is 12.1 Å². The second kappa shape index (κ2) is 4.84. The molecule has 5 heteroatoms. The van der Waals surface area contributed by atoms with E-state index in [1.54, 1.807) is 19.0 Å². The molecular formula is C11H14F3NO. The second-order valence-corrected chi connectivity index (χ2v) is 3.90. The average Bonchev–Trinajstić information content (AvgIpc) is 2.15. The average molecular weight is 233 g/mol. The molecule has 0 radical (unpaired) electrons. The molecule has 90 valence electrons. The summed E-state index contributed by atoms with van der Waals surface area (Å²) in [5, 5.41) is 9.66. The summed E-state index contributed by atoms with van der Waals surface area (Å²) >= 11 is 0. The largest absolute Gasteiger partial charge is 0.416 e. The van der Waals surface area contributed by atoms with Gasteiger partial charge in [0.25, 0.3) is 0 Å². The van der Waals surface area contributed by atoms with Gasteiger partial charge < -0.3 is 10.0 Å². The highest BCUT2D eigenvalue weighted by atomic mass is 19.4. The standard InChI is InChI=1S/C11H14F3NO/c1-15(2)7-10(16)8-3-5-9(6-4-8)11(12,13)14/h3-6,10,16H,7H2,1-2H3. The third-order valence-corrected chi connectivity index (χ3v) is 2.16. The molecule has 0 heterocycles. The number of nitrogens with zero attached hydrogens (tertiary/aromatic N) is 1. The molecule has 1 unspecified atom stereocenters. The molecular weight excluding hydrogens is 219 g/mol. The molecule has 0 amide bonds.